The van der Waals surface area contributed by atoms with E-state index in [1.807, 2.05) is 0 Å². The van der Waals surface area contributed by atoms with Gasteiger partial charge in [-0.05, 0) is 0 Å². The Hall–Kier alpha value is -1.05. The normalized spacial score (nSPS) is 10.5. The molecule has 0 spiro atoms. The van der Waals surface area contributed by atoms with Gasteiger partial charge in [0, 0.05) is 0 Å². The Morgan fingerprint density at radius 3 is 2.73 bits per heavy atom. The molecule has 0 saturated heterocycles. The van der Waals surface area contributed by atoms with E-state index in [4.69, 9.17) is 0 Å². The van der Waals surface area contributed by atoms with E-state index < -0.39 is 0 Å². The van der Waals surface area contributed by atoms with Gasteiger partial charge in [-0.2, -0.15) is 0 Å². The zero-order chi connectivity index (χ0) is 10.5. The summed E-state index contributed by atoms with van der Waals surface area (Å²) in [6.45, 7) is 1.12. The van der Waals surface area contributed by atoms with Crippen molar-refractivity contribution in [2.75, 3.05) is 0 Å². The maximum atomic E-state index is 2.24. The maximum absolute atomic E-state index is 2.24. The molecule has 0 unspecified atom stereocenters. The third kappa shape index (κ3) is 3.22. The molecule has 2 rings (SSSR count). The number of imidazole rings is 1. The van der Waals surface area contributed by atoms with Crippen molar-refractivity contribution >= 4 is 19.4 Å². The summed E-state index contributed by atoms with van der Waals surface area (Å²) in [6.07, 6.45) is 6.33. The van der Waals surface area contributed by atoms with E-state index in [9.17, 15) is 0 Å². The summed E-state index contributed by atoms with van der Waals surface area (Å²) in [5, 5.41) is 1.26. The molecule has 0 aliphatic rings. The molecule has 3 heteroatoms. The van der Waals surface area contributed by atoms with Crippen LogP contribution in [0, 0.1) is 0 Å². The summed E-state index contributed by atoms with van der Waals surface area (Å²) in [5.41, 5.74) is 0. The third-order valence-corrected chi connectivity index (χ3v) is 4.27. The third-order valence-electron chi connectivity index (χ3n) is 2.19. The Labute approximate surface area is 96.7 Å². The molecule has 0 N–H and O–H groups in total. The number of nitrogens with zero attached hydrogens (tertiary/aromatic N) is 2. The fraction of sp³-hybridized carbons (Fsp3) is 0.250. The standard InChI is InChI=1S/C12H15N2Se/c1-13-7-8-14(11-13)9-10-15-12-5-3-2-4-6-12/h2-8,11H,9-10H2,1H3/q+1. The minimum atomic E-state index is 0.601. The number of aryl methyl sites for hydroxylation is 2. The fourth-order valence-electron chi connectivity index (χ4n) is 1.42. The first kappa shape index (κ1) is 10.5. The number of hydrogen-bond acceptors (Lipinski definition) is 0. The van der Waals surface area contributed by atoms with Gasteiger partial charge in [-0.15, -0.1) is 0 Å². The molecule has 0 aliphatic carbocycles. The van der Waals surface area contributed by atoms with Crippen LogP contribution in [-0.2, 0) is 13.6 Å². The summed E-state index contributed by atoms with van der Waals surface area (Å²) >= 11 is 0.601. The van der Waals surface area contributed by atoms with Crippen molar-refractivity contribution in [3.63, 3.8) is 0 Å². The van der Waals surface area contributed by atoms with Gasteiger partial charge in [0.05, 0.1) is 0 Å². The molecule has 0 radical (unpaired) electrons. The zero-order valence-electron chi connectivity index (χ0n) is 8.84. The van der Waals surface area contributed by atoms with Crippen LogP contribution in [0.25, 0.3) is 0 Å². The Kier molecular flexibility index (Phi) is 3.59. The molecule has 1 heterocycles. The van der Waals surface area contributed by atoms with Gasteiger partial charge >= 0.3 is 96.5 Å². The number of aromatic nitrogens is 2. The van der Waals surface area contributed by atoms with Crippen molar-refractivity contribution in [1.82, 2.24) is 4.57 Å². The van der Waals surface area contributed by atoms with Gasteiger partial charge in [0.15, 0.2) is 0 Å². The van der Waals surface area contributed by atoms with E-state index in [0.717, 1.165) is 6.54 Å². The zero-order valence-corrected chi connectivity index (χ0v) is 10.5. The molecule has 2 nitrogen and oxygen atoms in total. The van der Waals surface area contributed by atoms with E-state index in [1.54, 1.807) is 0 Å². The van der Waals surface area contributed by atoms with Crippen molar-refractivity contribution in [2.45, 2.75) is 11.9 Å². The van der Waals surface area contributed by atoms with Crippen LogP contribution < -0.4 is 9.03 Å². The van der Waals surface area contributed by atoms with Crippen LogP contribution in [0.1, 0.15) is 0 Å². The van der Waals surface area contributed by atoms with Crippen LogP contribution in [0.3, 0.4) is 0 Å². The Morgan fingerprint density at radius 2 is 2.07 bits per heavy atom. The average molecular weight is 266 g/mol. The van der Waals surface area contributed by atoms with E-state index in [2.05, 4.69) is 65.2 Å². The van der Waals surface area contributed by atoms with Crippen LogP contribution in [0.5, 0.6) is 0 Å². The number of hydrogen-bond donors (Lipinski definition) is 0. The van der Waals surface area contributed by atoms with Crippen LogP contribution in [0.4, 0.5) is 0 Å². The van der Waals surface area contributed by atoms with Gasteiger partial charge in [0.2, 0.25) is 0 Å². The molecule has 0 aliphatic heterocycles. The summed E-state index contributed by atoms with van der Waals surface area (Å²) in [4.78, 5) is 0. The first-order valence-electron chi connectivity index (χ1n) is 5.03. The predicted octanol–water partition coefficient (Wildman–Crippen LogP) is 0.761. The molecule has 0 bridgehead atoms. The van der Waals surface area contributed by atoms with E-state index in [1.165, 1.54) is 9.78 Å². The summed E-state index contributed by atoms with van der Waals surface area (Å²) in [5.74, 6) is 0. The van der Waals surface area contributed by atoms with Gasteiger partial charge in [0.1, 0.15) is 0 Å². The number of rotatable bonds is 4. The van der Waals surface area contributed by atoms with E-state index in [-0.39, 0.29) is 0 Å². The monoisotopic (exact) mass is 267 g/mol. The van der Waals surface area contributed by atoms with Gasteiger partial charge in [-0.25, -0.2) is 0 Å². The first-order valence-corrected chi connectivity index (χ1v) is 7.10. The quantitative estimate of drug-likeness (QED) is 0.571. The minimum absolute atomic E-state index is 0.601. The van der Waals surface area contributed by atoms with Crippen molar-refractivity contribution < 1.29 is 4.57 Å². The summed E-state index contributed by atoms with van der Waals surface area (Å²) < 4.78 is 5.81. The second-order valence-corrected chi connectivity index (χ2v) is 5.93. The van der Waals surface area contributed by atoms with Crippen LogP contribution in [0.2, 0.25) is 5.32 Å². The molecule has 0 amide bonds. The molecule has 15 heavy (non-hydrogen) atoms. The molecule has 0 saturated carbocycles. The van der Waals surface area contributed by atoms with E-state index >= 15 is 0 Å². The van der Waals surface area contributed by atoms with Gasteiger partial charge in [-0.1, -0.05) is 0 Å². The number of benzene rings is 1. The van der Waals surface area contributed by atoms with E-state index in [0.29, 0.717) is 15.0 Å². The topological polar surface area (TPSA) is 8.81 Å². The summed E-state index contributed by atoms with van der Waals surface area (Å²) in [6, 6.07) is 10.7. The van der Waals surface area contributed by atoms with Crippen LogP contribution in [-0.4, -0.2) is 19.5 Å². The van der Waals surface area contributed by atoms with Crippen LogP contribution in [0.15, 0.2) is 49.1 Å². The molecule has 1 aromatic carbocycles. The Morgan fingerprint density at radius 1 is 1.27 bits per heavy atom. The van der Waals surface area contributed by atoms with Crippen molar-refractivity contribution in [3.05, 3.63) is 49.1 Å². The van der Waals surface area contributed by atoms with Gasteiger partial charge in [0.25, 0.3) is 0 Å². The van der Waals surface area contributed by atoms with Gasteiger partial charge < -0.3 is 0 Å². The van der Waals surface area contributed by atoms with Crippen molar-refractivity contribution in [3.8, 4) is 0 Å². The molecular weight excluding hydrogens is 251 g/mol. The summed E-state index contributed by atoms with van der Waals surface area (Å²) in [7, 11) is 2.05. The molecule has 2 aromatic rings. The molecule has 1 aromatic heterocycles. The molecule has 78 valence electrons. The fourth-order valence-corrected chi connectivity index (χ4v) is 3.28. The molecule has 0 fully saturated rings. The Bertz CT molecular complexity index is 409. The predicted molar refractivity (Wildman–Crippen MR) is 62.2 cm³/mol. The van der Waals surface area contributed by atoms with Crippen molar-refractivity contribution in [1.29, 1.82) is 0 Å². The van der Waals surface area contributed by atoms with Crippen molar-refractivity contribution in [2.24, 2.45) is 7.05 Å². The second-order valence-electron chi connectivity index (χ2n) is 3.48. The molecular formula is C12H15N2Se+. The Balaban J connectivity index is 1.80. The van der Waals surface area contributed by atoms with Crippen LogP contribution >= 0.6 is 0 Å². The SMILES string of the molecule is C[n+]1ccn(CC[Se]c2ccccc2)c1. The first-order chi connectivity index (χ1) is 7.34. The second kappa shape index (κ2) is 5.15. The van der Waals surface area contributed by atoms with Gasteiger partial charge in [-0.3, -0.25) is 0 Å². The average Bonchev–Trinajstić information content (AvgIpc) is 2.66. The molecule has 0 atom stereocenters.